The standard InChI is InChI=1S/C19H19N3O6S/c1-26-16-9-12(10-17(27-2)18(16)28-3)14-11-15(21-20-14)19(23)22-29(24,25)13-7-5-4-6-8-13/h4-11H,1-3H3,(H,20,21)(H,22,23). The predicted octanol–water partition coefficient (Wildman–Crippen LogP) is 2.22. The van der Waals surface area contributed by atoms with Crippen LogP contribution in [0.3, 0.4) is 0 Å². The van der Waals surface area contributed by atoms with Crippen molar-refractivity contribution in [2.45, 2.75) is 4.90 Å². The number of carbonyl (C=O) groups is 1. The third-order valence-electron chi connectivity index (χ3n) is 4.06. The minimum atomic E-state index is -4.00. The van der Waals surface area contributed by atoms with Crippen molar-refractivity contribution in [2.24, 2.45) is 0 Å². The molecule has 0 fully saturated rings. The van der Waals surface area contributed by atoms with Gasteiger partial charge in [-0.15, -0.1) is 0 Å². The van der Waals surface area contributed by atoms with E-state index in [9.17, 15) is 13.2 Å². The van der Waals surface area contributed by atoms with Crippen molar-refractivity contribution in [1.29, 1.82) is 0 Å². The Balaban J connectivity index is 1.88. The maximum atomic E-state index is 12.4. The number of nitrogens with one attached hydrogen (secondary N) is 2. The van der Waals surface area contributed by atoms with E-state index >= 15 is 0 Å². The molecule has 1 amide bonds. The van der Waals surface area contributed by atoms with Crippen LogP contribution in [-0.4, -0.2) is 45.9 Å². The first-order valence-corrected chi connectivity index (χ1v) is 9.86. The second kappa shape index (κ2) is 8.23. The molecule has 0 aliphatic carbocycles. The zero-order chi connectivity index (χ0) is 21.0. The molecule has 0 atom stereocenters. The fourth-order valence-electron chi connectivity index (χ4n) is 2.65. The Morgan fingerprint density at radius 3 is 2.14 bits per heavy atom. The minimum absolute atomic E-state index is 0.0160. The summed E-state index contributed by atoms with van der Waals surface area (Å²) in [6, 6.07) is 12.4. The van der Waals surface area contributed by atoms with Gasteiger partial charge in [0, 0.05) is 5.56 Å². The van der Waals surface area contributed by atoms with Crippen LogP contribution in [0, 0.1) is 0 Å². The lowest BCUT2D eigenvalue weighted by Gasteiger charge is -2.13. The van der Waals surface area contributed by atoms with Gasteiger partial charge in [0.15, 0.2) is 11.5 Å². The summed E-state index contributed by atoms with van der Waals surface area (Å²) in [6.45, 7) is 0. The third kappa shape index (κ3) is 4.16. The molecule has 152 valence electrons. The van der Waals surface area contributed by atoms with E-state index in [0.717, 1.165) is 0 Å². The molecule has 0 unspecified atom stereocenters. The van der Waals surface area contributed by atoms with E-state index in [1.54, 1.807) is 30.3 Å². The number of hydrogen-bond donors (Lipinski definition) is 2. The molecule has 1 aromatic heterocycles. The molecular formula is C19H19N3O6S. The molecule has 0 aliphatic heterocycles. The van der Waals surface area contributed by atoms with Gasteiger partial charge in [0.1, 0.15) is 5.69 Å². The van der Waals surface area contributed by atoms with E-state index in [0.29, 0.717) is 28.5 Å². The molecule has 0 aliphatic rings. The van der Waals surface area contributed by atoms with E-state index in [1.165, 1.54) is 39.5 Å². The van der Waals surface area contributed by atoms with Gasteiger partial charge < -0.3 is 14.2 Å². The molecule has 1 heterocycles. The number of ether oxygens (including phenoxy) is 3. The van der Waals surface area contributed by atoms with E-state index in [4.69, 9.17) is 14.2 Å². The summed E-state index contributed by atoms with van der Waals surface area (Å²) >= 11 is 0. The Labute approximate surface area is 167 Å². The summed E-state index contributed by atoms with van der Waals surface area (Å²) < 4.78 is 42.5. The first kappa shape index (κ1) is 20.2. The van der Waals surface area contributed by atoms with Crippen molar-refractivity contribution >= 4 is 15.9 Å². The summed E-state index contributed by atoms with van der Waals surface area (Å²) in [4.78, 5) is 12.4. The summed E-state index contributed by atoms with van der Waals surface area (Å²) in [6.07, 6.45) is 0. The number of hydrogen-bond acceptors (Lipinski definition) is 7. The number of H-pyrrole nitrogens is 1. The van der Waals surface area contributed by atoms with Gasteiger partial charge in [0.05, 0.1) is 31.9 Å². The molecule has 0 bridgehead atoms. The highest BCUT2D eigenvalue weighted by molar-refractivity contribution is 7.90. The van der Waals surface area contributed by atoms with Gasteiger partial charge in [0.2, 0.25) is 5.75 Å². The molecular weight excluding hydrogens is 398 g/mol. The van der Waals surface area contributed by atoms with Crippen LogP contribution in [0.1, 0.15) is 10.5 Å². The Hall–Kier alpha value is -3.53. The van der Waals surface area contributed by atoms with Crippen LogP contribution >= 0.6 is 0 Å². The predicted molar refractivity (Wildman–Crippen MR) is 105 cm³/mol. The number of carbonyl (C=O) groups excluding carboxylic acids is 1. The molecule has 2 aromatic carbocycles. The zero-order valence-corrected chi connectivity index (χ0v) is 16.7. The fraction of sp³-hybridized carbons (Fsp3) is 0.158. The highest BCUT2D eigenvalue weighted by Gasteiger charge is 2.21. The topological polar surface area (TPSA) is 120 Å². The number of methoxy groups -OCH3 is 3. The number of nitrogens with zero attached hydrogens (tertiary/aromatic N) is 1. The largest absolute Gasteiger partial charge is 0.493 e. The Kier molecular flexibility index (Phi) is 5.74. The Bertz CT molecular complexity index is 1100. The molecule has 0 saturated carbocycles. The number of rotatable bonds is 7. The van der Waals surface area contributed by atoms with Crippen LogP contribution in [0.25, 0.3) is 11.3 Å². The third-order valence-corrected chi connectivity index (χ3v) is 5.41. The molecule has 29 heavy (non-hydrogen) atoms. The lowest BCUT2D eigenvalue weighted by atomic mass is 10.1. The van der Waals surface area contributed by atoms with E-state index in [1.807, 2.05) is 4.72 Å². The summed E-state index contributed by atoms with van der Waals surface area (Å²) in [5.74, 6) is 0.422. The van der Waals surface area contributed by atoms with Gasteiger partial charge in [-0.25, -0.2) is 13.1 Å². The average molecular weight is 417 g/mol. The molecule has 0 saturated heterocycles. The van der Waals surface area contributed by atoms with Crippen LogP contribution in [0.15, 0.2) is 53.4 Å². The van der Waals surface area contributed by atoms with E-state index in [-0.39, 0.29) is 10.6 Å². The number of aromatic nitrogens is 2. The number of benzene rings is 2. The quantitative estimate of drug-likeness (QED) is 0.605. The van der Waals surface area contributed by atoms with Crippen molar-refractivity contribution in [1.82, 2.24) is 14.9 Å². The highest BCUT2D eigenvalue weighted by atomic mass is 32.2. The first-order chi connectivity index (χ1) is 13.9. The second-order valence-electron chi connectivity index (χ2n) is 5.83. The fourth-order valence-corrected chi connectivity index (χ4v) is 3.64. The van der Waals surface area contributed by atoms with Gasteiger partial charge in [-0.05, 0) is 30.3 Å². The van der Waals surface area contributed by atoms with Crippen molar-refractivity contribution in [3.05, 3.63) is 54.2 Å². The molecule has 0 radical (unpaired) electrons. The maximum absolute atomic E-state index is 12.4. The van der Waals surface area contributed by atoms with Gasteiger partial charge in [-0.1, -0.05) is 18.2 Å². The smallest absolute Gasteiger partial charge is 0.283 e. The average Bonchev–Trinajstić information content (AvgIpc) is 3.23. The summed E-state index contributed by atoms with van der Waals surface area (Å²) in [7, 11) is 0.463. The van der Waals surface area contributed by atoms with Gasteiger partial charge in [-0.2, -0.15) is 5.10 Å². The number of aromatic amines is 1. The van der Waals surface area contributed by atoms with E-state index < -0.39 is 15.9 Å². The lowest BCUT2D eigenvalue weighted by Crippen LogP contribution is -2.30. The van der Waals surface area contributed by atoms with Crippen molar-refractivity contribution in [3.63, 3.8) is 0 Å². The molecule has 10 heteroatoms. The highest BCUT2D eigenvalue weighted by Crippen LogP contribution is 2.40. The first-order valence-electron chi connectivity index (χ1n) is 8.37. The van der Waals surface area contributed by atoms with Crippen LogP contribution in [0.4, 0.5) is 0 Å². The molecule has 0 spiro atoms. The van der Waals surface area contributed by atoms with Crippen LogP contribution < -0.4 is 18.9 Å². The van der Waals surface area contributed by atoms with Crippen molar-refractivity contribution in [3.8, 4) is 28.5 Å². The van der Waals surface area contributed by atoms with Crippen molar-refractivity contribution in [2.75, 3.05) is 21.3 Å². The van der Waals surface area contributed by atoms with Crippen molar-refractivity contribution < 1.29 is 27.4 Å². The zero-order valence-electron chi connectivity index (χ0n) is 15.9. The molecule has 2 N–H and O–H groups in total. The molecule has 3 rings (SSSR count). The molecule has 9 nitrogen and oxygen atoms in total. The lowest BCUT2D eigenvalue weighted by molar-refractivity contribution is 0.0976. The van der Waals surface area contributed by atoms with Gasteiger partial charge >= 0.3 is 0 Å². The maximum Gasteiger partial charge on any atom is 0.283 e. The SMILES string of the molecule is COc1cc(-c2cc(C(=O)NS(=O)(=O)c3ccccc3)[nH]n2)cc(OC)c1OC. The Morgan fingerprint density at radius 2 is 1.59 bits per heavy atom. The van der Waals surface area contributed by atoms with Crippen LogP contribution in [0.5, 0.6) is 17.2 Å². The van der Waals surface area contributed by atoms with Crippen LogP contribution in [-0.2, 0) is 10.0 Å². The van der Waals surface area contributed by atoms with Gasteiger partial charge in [0.25, 0.3) is 15.9 Å². The van der Waals surface area contributed by atoms with Gasteiger partial charge in [-0.3, -0.25) is 9.89 Å². The number of sulfonamides is 1. The van der Waals surface area contributed by atoms with E-state index in [2.05, 4.69) is 10.2 Å². The second-order valence-corrected chi connectivity index (χ2v) is 7.51. The summed E-state index contributed by atoms with van der Waals surface area (Å²) in [5.41, 5.74) is 0.959. The molecule has 3 aromatic rings. The minimum Gasteiger partial charge on any atom is -0.493 e. The Morgan fingerprint density at radius 1 is 0.966 bits per heavy atom. The monoisotopic (exact) mass is 417 g/mol. The summed E-state index contributed by atoms with van der Waals surface area (Å²) in [5, 5.41) is 6.63. The number of amides is 1. The normalized spacial score (nSPS) is 11.0. The van der Waals surface area contributed by atoms with Crippen LogP contribution in [0.2, 0.25) is 0 Å².